The first-order valence-corrected chi connectivity index (χ1v) is 6.18. The topological polar surface area (TPSA) is 72.8 Å². The van der Waals surface area contributed by atoms with Crippen LogP contribution in [0.4, 0.5) is 5.69 Å². The van der Waals surface area contributed by atoms with Crippen LogP contribution in [-0.4, -0.2) is 56.3 Å². The minimum atomic E-state index is -0.582. The Morgan fingerprint density at radius 3 is 2.68 bits per heavy atom. The second kappa shape index (κ2) is 8.68. The van der Waals surface area contributed by atoms with Crippen molar-refractivity contribution < 1.29 is 19.3 Å². The number of aliphatic hydroxyl groups is 1. The molecule has 0 aromatic carbocycles. The minimum absolute atomic E-state index is 0.0256. The highest BCUT2D eigenvalue weighted by atomic mass is 16.5. The average molecular weight is 270 g/mol. The van der Waals surface area contributed by atoms with Crippen LogP contribution in [0.3, 0.4) is 0 Å². The van der Waals surface area contributed by atoms with Gasteiger partial charge in [0.1, 0.15) is 0 Å². The number of aromatic nitrogens is 1. The third-order valence-corrected chi connectivity index (χ3v) is 2.46. The molecule has 19 heavy (non-hydrogen) atoms. The van der Waals surface area contributed by atoms with E-state index in [1.807, 2.05) is 13.0 Å². The second-order valence-corrected chi connectivity index (χ2v) is 4.22. The quantitative estimate of drug-likeness (QED) is 0.695. The molecule has 0 radical (unpaired) electrons. The maximum Gasteiger partial charge on any atom is 0.213 e. The van der Waals surface area contributed by atoms with Gasteiger partial charge in [-0.1, -0.05) is 0 Å². The summed E-state index contributed by atoms with van der Waals surface area (Å²) in [5, 5.41) is 12.8. The van der Waals surface area contributed by atoms with Crippen LogP contribution in [-0.2, 0) is 9.47 Å². The van der Waals surface area contributed by atoms with Gasteiger partial charge in [-0.15, -0.1) is 0 Å². The number of hydrogen-bond acceptors (Lipinski definition) is 6. The lowest BCUT2D eigenvalue weighted by Crippen LogP contribution is -2.28. The molecule has 1 aromatic rings. The summed E-state index contributed by atoms with van der Waals surface area (Å²) < 4.78 is 15.3. The standard InChI is InChI=1S/C13H22N2O4/c1-10(8-17-2)19-9-12(16)7-14-11-4-5-13(18-3)15-6-11/h4-6,10,12,14,16H,7-9H2,1-3H3. The fraction of sp³-hybridized carbons (Fsp3) is 0.615. The van der Waals surface area contributed by atoms with Crippen molar-refractivity contribution in [3.05, 3.63) is 18.3 Å². The van der Waals surface area contributed by atoms with Crippen molar-refractivity contribution in [1.29, 1.82) is 0 Å². The zero-order valence-corrected chi connectivity index (χ0v) is 11.6. The smallest absolute Gasteiger partial charge is 0.213 e. The zero-order valence-electron chi connectivity index (χ0n) is 11.6. The molecule has 0 aliphatic carbocycles. The summed E-state index contributed by atoms with van der Waals surface area (Å²) in [7, 11) is 3.19. The number of nitrogens with one attached hydrogen (secondary N) is 1. The van der Waals surface area contributed by atoms with Crippen LogP contribution in [0.25, 0.3) is 0 Å². The van der Waals surface area contributed by atoms with Crippen molar-refractivity contribution in [1.82, 2.24) is 4.98 Å². The summed E-state index contributed by atoms with van der Waals surface area (Å²) >= 11 is 0. The van der Waals surface area contributed by atoms with E-state index in [0.29, 0.717) is 19.0 Å². The highest BCUT2D eigenvalue weighted by molar-refractivity contribution is 5.42. The van der Waals surface area contributed by atoms with E-state index in [1.165, 1.54) is 0 Å². The number of nitrogens with zero attached hydrogens (tertiary/aromatic N) is 1. The van der Waals surface area contributed by atoms with E-state index in [9.17, 15) is 5.11 Å². The Morgan fingerprint density at radius 2 is 2.11 bits per heavy atom. The van der Waals surface area contributed by atoms with Crippen LogP contribution < -0.4 is 10.1 Å². The Bertz CT molecular complexity index is 345. The average Bonchev–Trinajstić information content (AvgIpc) is 2.44. The molecule has 2 atom stereocenters. The van der Waals surface area contributed by atoms with Gasteiger partial charge in [-0.3, -0.25) is 0 Å². The van der Waals surface area contributed by atoms with Gasteiger partial charge in [-0.25, -0.2) is 4.98 Å². The van der Waals surface area contributed by atoms with Crippen molar-refractivity contribution in [2.75, 3.05) is 39.3 Å². The van der Waals surface area contributed by atoms with E-state index in [-0.39, 0.29) is 12.7 Å². The van der Waals surface area contributed by atoms with Gasteiger partial charge in [0.05, 0.1) is 44.4 Å². The zero-order chi connectivity index (χ0) is 14.1. The largest absolute Gasteiger partial charge is 0.481 e. The Balaban J connectivity index is 2.23. The number of methoxy groups -OCH3 is 2. The number of ether oxygens (including phenoxy) is 3. The maximum absolute atomic E-state index is 9.75. The molecule has 0 fully saturated rings. The summed E-state index contributed by atoms with van der Waals surface area (Å²) in [6.45, 7) is 3.08. The fourth-order valence-corrected chi connectivity index (χ4v) is 1.46. The molecule has 0 aliphatic heterocycles. The normalized spacial score (nSPS) is 13.9. The molecule has 2 unspecified atom stereocenters. The van der Waals surface area contributed by atoms with Crippen molar-refractivity contribution >= 4 is 5.69 Å². The lowest BCUT2D eigenvalue weighted by molar-refractivity contribution is -0.0282. The van der Waals surface area contributed by atoms with Gasteiger partial charge < -0.3 is 24.6 Å². The minimum Gasteiger partial charge on any atom is -0.481 e. The van der Waals surface area contributed by atoms with E-state index in [0.717, 1.165) is 5.69 Å². The molecule has 2 N–H and O–H groups in total. The van der Waals surface area contributed by atoms with Gasteiger partial charge in [0.25, 0.3) is 0 Å². The molecule has 0 amide bonds. The molecule has 0 saturated heterocycles. The van der Waals surface area contributed by atoms with Crippen molar-refractivity contribution in [3.8, 4) is 5.88 Å². The van der Waals surface area contributed by atoms with Crippen LogP contribution in [0.5, 0.6) is 5.88 Å². The molecule has 6 heteroatoms. The van der Waals surface area contributed by atoms with E-state index >= 15 is 0 Å². The van der Waals surface area contributed by atoms with Gasteiger partial charge in [-0.2, -0.15) is 0 Å². The molecule has 0 spiro atoms. The summed E-state index contributed by atoms with van der Waals surface area (Å²) in [5.41, 5.74) is 0.824. The highest BCUT2D eigenvalue weighted by Gasteiger charge is 2.08. The van der Waals surface area contributed by atoms with Crippen LogP contribution in [0, 0.1) is 0 Å². The van der Waals surface area contributed by atoms with E-state index in [4.69, 9.17) is 14.2 Å². The molecule has 1 heterocycles. The van der Waals surface area contributed by atoms with Crippen molar-refractivity contribution in [2.45, 2.75) is 19.1 Å². The third-order valence-electron chi connectivity index (χ3n) is 2.46. The third kappa shape index (κ3) is 6.37. The number of hydrogen-bond donors (Lipinski definition) is 2. The number of aliphatic hydroxyl groups excluding tert-OH is 1. The molecule has 1 rings (SSSR count). The molecule has 0 bridgehead atoms. The molecular weight excluding hydrogens is 248 g/mol. The molecule has 1 aromatic heterocycles. The molecule has 108 valence electrons. The Labute approximate surface area is 113 Å². The van der Waals surface area contributed by atoms with Crippen LogP contribution in [0.2, 0.25) is 0 Å². The molecular formula is C13H22N2O4. The highest BCUT2D eigenvalue weighted by Crippen LogP contribution is 2.10. The summed E-state index contributed by atoms with van der Waals surface area (Å²) in [4.78, 5) is 4.06. The molecule has 0 aliphatic rings. The van der Waals surface area contributed by atoms with Gasteiger partial charge in [0.2, 0.25) is 5.88 Å². The van der Waals surface area contributed by atoms with E-state index in [2.05, 4.69) is 10.3 Å². The first kappa shape index (κ1) is 15.7. The molecule has 0 saturated carbocycles. The SMILES string of the molecule is COCC(C)OCC(O)CNc1ccc(OC)nc1. The monoisotopic (exact) mass is 270 g/mol. The van der Waals surface area contributed by atoms with E-state index in [1.54, 1.807) is 26.5 Å². The lowest BCUT2D eigenvalue weighted by atomic mass is 10.3. The Hall–Kier alpha value is -1.37. The van der Waals surface area contributed by atoms with Gasteiger partial charge in [-0.05, 0) is 13.0 Å². The lowest BCUT2D eigenvalue weighted by Gasteiger charge is -2.16. The number of anilines is 1. The van der Waals surface area contributed by atoms with Crippen LogP contribution in [0.1, 0.15) is 6.92 Å². The predicted octanol–water partition coefficient (Wildman–Crippen LogP) is 0.914. The molecule has 6 nitrogen and oxygen atoms in total. The van der Waals surface area contributed by atoms with Crippen LogP contribution >= 0.6 is 0 Å². The predicted molar refractivity (Wildman–Crippen MR) is 72.6 cm³/mol. The fourth-order valence-electron chi connectivity index (χ4n) is 1.46. The Kier molecular flexibility index (Phi) is 7.17. The second-order valence-electron chi connectivity index (χ2n) is 4.22. The van der Waals surface area contributed by atoms with Crippen molar-refractivity contribution in [2.24, 2.45) is 0 Å². The van der Waals surface area contributed by atoms with Gasteiger partial charge in [0, 0.05) is 19.7 Å². The first-order valence-electron chi connectivity index (χ1n) is 6.18. The first-order chi connectivity index (χ1) is 9.15. The Morgan fingerprint density at radius 1 is 1.32 bits per heavy atom. The maximum atomic E-state index is 9.75. The summed E-state index contributed by atoms with van der Waals surface area (Å²) in [6, 6.07) is 3.60. The van der Waals surface area contributed by atoms with Crippen LogP contribution in [0.15, 0.2) is 18.3 Å². The number of rotatable bonds is 9. The van der Waals surface area contributed by atoms with Crippen molar-refractivity contribution in [3.63, 3.8) is 0 Å². The van der Waals surface area contributed by atoms with Gasteiger partial charge >= 0.3 is 0 Å². The number of pyridine rings is 1. The summed E-state index contributed by atoms with van der Waals surface area (Å²) in [5.74, 6) is 0.558. The van der Waals surface area contributed by atoms with E-state index < -0.39 is 6.10 Å². The van der Waals surface area contributed by atoms with Gasteiger partial charge in [0.15, 0.2) is 0 Å². The summed E-state index contributed by atoms with van der Waals surface area (Å²) in [6.07, 6.45) is 1.05.